The number of nitrogen functional groups attached to an aromatic ring is 1. The normalized spacial score (nSPS) is 12.3. The number of aliphatic hydroxyl groups is 1. The number of rotatable bonds is 4. The average molecular weight is 281 g/mol. The summed E-state index contributed by atoms with van der Waals surface area (Å²) in [4.78, 5) is 5.01. The van der Waals surface area contributed by atoms with E-state index in [4.69, 9.17) is 17.3 Å². The number of benzene rings is 1. The van der Waals surface area contributed by atoms with Crippen molar-refractivity contribution in [1.82, 2.24) is 4.98 Å². The Labute approximate surface area is 115 Å². The fourth-order valence-electron chi connectivity index (χ4n) is 1.51. The molecular weight excluding hydrogens is 268 g/mol. The van der Waals surface area contributed by atoms with Gasteiger partial charge in [-0.15, -0.1) is 11.8 Å². The lowest BCUT2D eigenvalue weighted by molar-refractivity contribution is 0.204. The largest absolute Gasteiger partial charge is 0.387 e. The van der Waals surface area contributed by atoms with Gasteiger partial charge in [-0.3, -0.25) is 0 Å². The molecule has 0 aliphatic rings. The molecular formula is C13H13ClN2OS. The second-order valence-corrected chi connectivity index (χ2v) is 5.29. The molecule has 0 amide bonds. The van der Waals surface area contributed by atoms with Gasteiger partial charge in [0.25, 0.3) is 0 Å². The first kappa shape index (κ1) is 13.2. The van der Waals surface area contributed by atoms with E-state index >= 15 is 0 Å². The molecule has 0 aliphatic carbocycles. The van der Waals surface area contributed by atoms with Crippen LogP contribution in [-0.4, -0.2) is 15.8 Å². The predicted molar refractivity (Wildman–Crippen MR) is 75.8 cm³/mol. The van der Waals surface area contributed by atoms with E-state index in [-0.39, 0.29) is 0 Å². The lowest BCUT2D eigenvalue weighted by atomic mass is 10.2. The van der Waals surface area contributed by atoms with Gasteiger partial charge in [-0.25, -0.2) is 4.98 Å². The number of hydrogen-bond donors (Lipinski definition) is 2. The molecule has 1 aromatic heterocycles. The Hall–Kier alpha value is -1.23. The zero-order valence-corrected chi connectivity index (χ0v) is 11.2. The number of pyridine rings is 1. The number of anilines is 1. The molecule has 1 atom stereocenters. The zero-order valence-electron chi connectivity index (χ0n) is 9.58. The molecule has 0 radical (unpaired) electrons. The van der Waals surface area contributed by atoms with Crippen LogP contribution in [0.5, 0.6) is 0 Å². The maximum atomic E-state index is 10.1. The van der Waals surface area contributed by atoms with Gasteiger partial charge in [0.15, 0.2) is 0 Å². The second kappa shape index (κ2) is 6.09. The number of thioether (sulfide) groups is 1. The summed E-state index contributed by atoms with van der Waals surface area (Å²) >= 11 is 7.36. The smallest absolute Gasteiger partial charge is 0.129 e. The molecule has 0 fully saturated rings. The van der Waals surface area contributed by atoms with Crippen LogP contribution in [0.25, 0.3) is 0 Å². The Balaban J connectivity index is 1.98. The lowest BCUT2D eigenvalue weighted by Gasteiger charge is -2.12. The first-order valence-corrected chi connectivity index (χ1v) is 6.80. The first-order valence-electron chi connectivity index (χ1n) is 5.43. The van der Waals surface area contributed by atoms with Crippen LogP contribution in [0.4, 0.5) is 5.82 Å². The summed E-state index contributed by atoms with van der Waals surface area (Å²) in [6, 6.07) is 11.1. The molecule has 0 spiro atoms. The third-order valence-corrected chi connectivity index (χ3v) is 3.79. The number of nitrogens with two attached hydrogens (primary N) is 1. The maximum Gasteiger partial charge on any atom is 0.129 e. The van der Waals surface area contributed by atoms with Crippen LogP contribution in [-0.2, 0) is 0 Å². The highest BCUT2D eigenvalue weighted by Crippen LogP contribution is 2.27. The Morgan fingerprint density at radius 1 is 1.28 bits per heavy atom. The Morgan fingerprint density at radius 2 is 2.00 bits per heavy atom. The van der Waals surface area contributed by atoms with Crippen LogP contribution in [0.2, 0.25) is 5.02 Å². The molecule has 2 rings (SSSR count). The number of aromatic nitrogens is 1. The standard InChI is InChI=1S/C13H13ClN2OS/c14-9-3-5-10(6-4-9)18-8-12(17)11-2-1-7-16-13(11)15/h1-7,12,17H,8H2,(H2,15,16). The minimum absolute atomic E-state index is 0.377. The van der Waals surface area contributed by atoms with E-state index in [2.05, 4.69) is 4.98 Å². The molecule has 18 heavy (non-hydrogen) atoms. The molecule has 0 bridgehead atoms. The quantitative estimate of drug-likeness (QED) is 0.845. The molecule has 3 nitrogen and oxygen atoms in total. The van der Waals surface area contributed by atoms with Gasteiger partial charge < -0.3 is 10.8 Å². The summed E-state index contributed by atoms with van der Waals surface area (Å²) in [5.74, 6) is 0.902. The molecule has 3 N–H and O–H groups in total. The summed E-state index contributed by atoms with van der Waals surface area (Å²) in [5.41, 5.74) is 6.38. The van der Waals surface area contributed by atoms with Gasteiger partial charge in [0.1, 0.15) is 5.82 Å². The van der Waals surface area contributed by atoms with Crippen LogP contribution < -0.4 is 5.73 Å². The molecule has 0 aliphatic heterocycles. The van der Waals surface area contributed by atoms with Crippen LogP contribution in [0.15, 0.2) is 47.5 Å². The van der Waals surface area contributed by atoms with E-state index < -0.39 is 6.10 Å². The molecule has 0 saturated heterocycles. The fourth-order valence-corrected chi connectivity index (χ4v) is 2.49. The van der Waals surface area contributed by atoms with E-state index in [9.17, 15) is 5.11 Å². The van der Waals surface area contributed by atoms with Crippen molar-refractivity contribution in [2.75, 3.05) is 11.5 Å². The fraction of sp³-hybridized carbons (Fsp3) is 0.154. The molecule has 2 aromatic rings. The summed E-state index contributed by atoms with van der Waals surface area (Å²) in [7, 11) is 0. The van der Waals surface area contributed by atoms with E-state index in [1.807, 2.05) is 24.3 Å². The highest BCUT2D eigenvalue weighted by atomic mass is 35.5. The molecule has 0 saturated carbocycles. The van der Waals surface area contributed by atoms with Crippen molar-refractivity contribution in [1.29, 1.82) is 0 Å². The van der Waals surface area contributed by atoms with E-state index in [1.54, 1.807) is 30.1 Å². The van der Waals surface area contributed by atoms with Crippen molar-refractivity contribution >= 4 is 29.2 Å². The number of halogens is 1. The highest BCUT2D eigenvalue weighted by Gasteiger charge is 2.11. The van der Waals surface area contributed by atoms with Crippen molar-refractivity contribution in [3.8, 4) is 0 Å². The van der Waals surface area contributed by atoms with Crippen LogP contribution >= 0.6 is 23.4 Å². The second-order valence-electron chi connectivity index (χ2n) is 3.76. The average Bonchev–Trinajstić information content (AvgIpc) is 2.38. The monoisotopic (exact) mass is 280 g/mol. The number of hydrogen-bond acceptors (Lipinski definition) is 4. The molecule has 1 heterocycles. The molecule has 1 unspecified atom stereocenters. The third-order valence-electron chi connectivity index (χ3n) is 2.45. The van der Waals surface area contributed by atoms with Crippen molar-refractivity contribution < 1.29 is 5.11 Å². The van der Waals surface area contributed by atoms with Gasteiger partial charge in [-0.05, 0) is 30.3 Å². The Bertz CT molecular complexity index is 519. The van der Waals surface area contributed by atoms with Gasteiger partial charge in [0.2, 0.25) is 0 Å². The summed E-state index contributed by atoms with van der Waals surface area (Å²) in [5, 5.41) is 10.8. The minimum atomic E-state index is -0.626. The molecule has 94 valence electrons. The Morgan fingerprint density at radius 3 is 2.67 bits per heavy atom. The SMILES string of the molecule is Nc1ncccc1C(O)CSc1ccc(Cl)cc1. The lowest BCUT2D eigenvalue weighted by Crippen LogP contribution is -2.05. The van der Waals surface area contributed by atoms with Crippen molar-refractivity contribution in [3.05, 3.63) is 53.2 Å². The first-order chi connectivity index (χ1) is 8.66. The summed E-state index contributed by atoms with van der Waals surface area (Å²) in [6.07, 6.45) is 0.983. The van der Waals surface area contributed by atoms with Gasteiger partial charge >= 0.3 is 0 Å². The Kier molecular flexibility index (Phi) is 4.47. The zero-order chi connectivity index (χ0) is 13.0. The third kappa shape index (κ3) is 3.38. The van der Waals surface area contributed by atoms with Gasteiger partial charge in [0, 0.05) is 27.4 Å². The summed E-state index contributed by atoms with van der Waals surface area (Å²) in [6.45, 7) is 0. The van der Waals surface area contributed by atoms with Crippen molar-refractivity contribution in [2.24, 2.45) is 0 Å². The minimum Gasteiger partial charge on any atom is -0.387 e. The van der Waals surface area contributed by atoms with Crippen LogP contribution in [0.1, 0.15) is 11.7 Å². The number of nitrogens with zero attached hydrogens (tertiary/aromatic N) is 1. The van der Waals surface area contributed by atoms with E-state index in [0.717, 1.165) is 4.90 Å². The van der Waals surface area contributed by atoms with E-state index in [0.29, 0.717) is 22.2 Å². The maximum absolute atomic E-state index is 10.1. The van der Waals surface area contributed by atoms with Crippen molar-refractivity contribution in [2.45, 2.75) is 11.0 Å². The van der Waals surface area contributed by atoms with Gasteiger partial charge in [0.05, 0.1) is 6.10 Å². The molecule has 5 heteroatoms. The highest BCUT2D eigenvalue weighted by molar-refractivity contribution is 7.99. The van der Waals surface area contributed by atoms with Crippen LogP contribution in [0, 0.1) is 0 Å². The number of aliphatic hydroxyl groups excluding tert-OH is 1. The van der Waals surface area contributed by atoms with Gasteiger partial charge in [-0.1, -0.05) is 17.7 Å². The summed E-state index contributed by atoms with van der Waals surface area (Å²) < 4.78 is 0. The predicted octanol–water partition coefficient (Wildman–Crippen LogP) is 3.14. The van der Waals surface area contributed by atoms with Crippen molar-refractivity contribution in [3.63, 3.8) is 0 Å². The van der Waals surface area contributed by atoms with Gasteiger partial charge in [-0.2, -0.15) is 0 Å². The van der Waals surface area contributed by atoms with Crippen LogP contribution in [0.3, 0.4) is 0 Å². The molecule has 1 aromatic carbocycles. The topological polar surface area (TPSA) is 59.1 Å². The van der Waals surface area contributed by atoms with E-state index in [1.165, 1.54) is 0 Å².